The second-order valence-electron chi connectivity index (χ2n) is 7.68. The fourth-order valence-electron chi connectivity index (χ4n) is 4.29. The van der Waals surface area contributed by atoms with Gasteiger partial charge in [0.2, 0.25) is 0 Å². The summed E-state index contributed by atoms with van der Waals surface area (Å²) in [6.45, 7) is 8.13. The van der Waals surface area contributed by atoms with Gasteiger partial charge in [-0.1, -0.05) is 55.5 Å². The van der Waals surface area contributed by atoms with Gasteiger partial charge in [0, 0.05) is 48.7 Å². The maximum Gasteiger partial charge on any atom is 0.254 e. The zero-order valence-corrected chi connectivity index (χ0v) is 17.5. The first kappa shape index (κ1) is 18.6. The maximum atomic E-state index is 4.87. The van der Waals surface area contributed by atoms with E-state index in [2.05, 4.69) is 54.0 Å². The number of piperazine rings is 1. The third-order valence-electron chi connectivity index (χ3n) is 5.85. The molecule has 4 aromatic rings. The summed E-state index contributed by atoms with van der Waals surface area (Å²) in [5, 5.41) is 4.87. The Bertz CT molecular complexity index is 1140. The molecule has 0 atom stereocenters. The summed E-state index contributed by atoms with van der Waals surface area (Å²) >= 11 is 0. The van der Waals surface area contributed by atoms with Crippen LogP contribution in [0.15, 0.2) is 60.7 Å². The zero-order valence-electron chi connectivity index (χ0n) is 17.5. The van der Waals surface area contributed by atoms with E-state index in [1.807, 2.05) is 34.8 Å². The second-order valence-corrected chi connectivity index (χ2v) is 7.68. The number of hydrogen-bond donors (Lipinski definition) is 0. The number of rotatable bonds is 4. The molecular weight excluding hydrogens is 372 g/mol. The van der Waals surface area contributed by atoms with Crippen LogP contribution in [0.2, 0.25) is 0 Å². The van der Waals surface area contributed by atoms with Crippen LogP contribution in [0.5, 0.6) is 0 Å². The highest BCUT2D eigenvalue weighted by molar-refractivity contribution is 5.61. The van der Waals surface area contributed by atoms with Crippen molar-refractivity contribution >= 4 is 17.3 Å². The van der Waals surface area contributed by atoms with Crippen LogP contribution in [0, 0.1) is 6.92 Å². The summed E-state index contributed by atoms with van der Waals surface area (Å²) in [6, 6.07) is 20.8. The van der Waals surface area contributed by atoms with Crippen LogP contribution in [0.3, 0.4) is 0 Å². The zero-order chi connectivity index (χ0) is 20.5. The van der Waals surface area contributed by atoms with Gasteiger partial charge in [0.05, 0.1) is 0 Å². The SMILES string of the molecule is CCc1c(C)nc2nc(-c3ccccc3)nn2c1N1CCN(c2ccccc2)CC1. The molecule has 5 rings (SSSR count). The predicted octanol–water partition coefficient (Wildman–Crippen LogP) is 3.99. The summed E-state index contributed by atoms with van der Waals surface area (Å²) < 4.78 is 1.95. The van der Waals surface area contributed by atoms with Gasteiger partial charge in [-0.05, 0) is 25.5 Å². The van der Waals surface area contributed by atoms with Crippen molar-refractivity contribution in [2.75, 3.05) is 36.0 Å². The molecule has 6 heteroatoms. The van der Waals surface area contributed by atoms with E-state index in [-0.39, 0.29) is 0 Å². The van der Waals surface area contributed by atoms with Gasteiger partial charge in [0.25, 0.3) is 5.78 Å². The summed E-state index contributed by atoms with van der Waals surface area (Å²) in [7, 11) is 0. The fourth-order valence-corrected chi connectivity index (χ4v) is 4.29. The van der Waals surface area contributed by atoms with Crippen molar-refractivity contribution in [3.63, 3.8) is 0 Å². The summed E-state index contributed by atoms with van der Waals surface area (Å²) in [4.78, 5) is 14.4. The van der Waals surface area contributed by atoms with Gasteiger partial charge in [0.1, 0.15) is 5.82 Å². The third kappa shape index (κ3) is 3.28. The molecule has 0 aliphatic carbocycles. The predicted molar refractivity (Wildman–Crippen MR) is 121 cm³/mol. The van der Waals surface area contributed by atoms with E-state index in [0.717, 1.165) is 55.5 Å². The lowest BCUT2D eigenvalue weighted by Gasteiger charge is -2.38. The molecule has 1 saturated heterocycles. The maximum absolute atomic E-state index is 4.87. The molecule has 3 heterocycles. The minimum absolute atomic E-state index is 0.670. The molecule has 152 valence electrons. The lowest BCUT2D eigenvalue weighted by atomic mass is 10.1. The highest BCUT2D eigenvalue weighted by Gasteiger charge is 2.24. The van der Waals surface area contributed by atoms with Crippen LogP contribution in [-0.2, 0) is 6.42 Å². The quantitative estimate of drug-likeness (QED) is 0.520. The Hall–Kier alpha value is -3.41. The van der Waals surface area contributed by atoms with E-state index in [0.29, 0.717) is 5.78 Å². The van der Waals surface area contributed by atoms with Crippen molar-refractivity contribution in [1.82, 2.24) is 19.6 Å². The van der Waals surface area contributed by atoms with Crippen molar-refractivity contribution in [1.29, 1.82) is 0 Å². The molecule has 1 aliphatic heterocycles. The Morgan fingerprint density at radius 1 is 0.800 bits per heavy atom. The summed E-state index contributed by atoms with van der Waals surface area (Å²) in [5.74, 6) is 2.53. The first-order valence-electron chi connectivity index (χ1n) is 10.6. The van der Waals surface area contributed by atoms with Gasteiger partial charge in [-0.25, -0.2) is 4.98 Å². The molecule has 0 spiro atoms. The summed E-state index contributed by atoms with van der Waals surface area (Å²) in [6.07, 6.45) is 0.920. The number of aryl methyl sites for hydroxylation is 1. The fraction of sp³-hybridized carbons (Fsp3) is 0.292. The Balaban J connectivity index is 1.52. The van der Waals surface area contributed by atoms with E-state index in [1.54, 1.807) is 0 Å². The molecule has 0 radical (unpaired) electrons. The van der Waals surface area contributed by atoms with Crippen molar-refractivity contribution < 1.29 is 0 Å². The third-order valence-corrected chi connectivity index (χ3v) is 5.85. The van der Waals surface area contributed by atoms with Crippen LogP contribution >= 0.6 is 0 Å². The van der Waals surface area contributed by atoms with E-state index in [9.17, 15) is 0 Å². The largest absolute Gasteiger partial charge is 0.368 e. The number of nitrogens with zero attached hydrogens (tertiary/aromatic N) is 6. The smallest absolute Gasteiger partial charge is 0.254 e. The molecular formula is C24H26N6. The monoisotopic (exact) mass is 398 g/mol. The van der Waals surface area contributed by atoms with Gasteiger partial charge in [-0.2, -0.15) is 9.50 Å². The van der Waals surface area contributed by atoms with Crippen molar-refractivity contribution in [3.05, 3.63) is 71.9 Å². The average molecular weight is 399 g/mol. The Labute approximate surface area is 176 Å². The Kier molecular flexibility index (Phi) is 4.83. The molecule has 2 aromatic heterocycles. The van der Waals surface area contributed by atoms with Crippen LogP contribution in [0.25, 0.3) is 17.2 Å². The van der Waals surface area contributed by atoms with Gasteiger partial charge < -0.3 is 9.80 Å². The topological polar surface area (TPSA) is 49.6 Å². The number of para-hydroxylation sites is 1. The minimum Gasteiger partial charge on any atom is -0.368 e. The average Bonchev–Trinajstić information content (AvgIpc) is 3.23. The first-order chi connectivity index (χ1) is 14.7. The van der Waals surface area contributed by atoms with Crippen molar-refractivity contribution in [2.45, 2.75) is 20.3 Å². The number of fused-ring (bicyclic) bond motifs is 1. The standard InChI is InChI=1S/C24H26N6/c1-3-21-18(2)25-24-26-22(19-10-6-4-7-11-19)27-30(24)23(21)29-16-14-28(15-17-29)20-12-8-5-9-13-20/h4-13H,3,14-17H2,1-2H3. The van der Waals surface area contributed by atoms with Gasteiger partial charge in [-0.3, -0.25) is 0 Å². The van der Waals surface area contributed by atoms with Gasteiger partial charge in [-0.15, -0.1) is 5.10 Å². The number of benzene rings is 2. The van der Waals surface area contributed by atoms with Crippen LogP contribution in [0.4, 0.5) is 11.5 Å². The Morgan fingerprint density at radius 3 is 2.10 bits per heavy atom. The molecule has 0 bridgehead atoms. The highest BCUT2D eigenvalue weighted by Crippen LogP contribution is 2.28. The molecule has 1 aliphatic rings. The highest BCUT2D eigenvalue weighted by atomic mass is 15.4. The van der Waals surface area contributed by atoms with Crippen LogP contribution in [0.1, 0.15) is 18.2 Å². The molecule has 30 heavy (non-hydrogen) atoms. The molecule has 1 fully saturated rings. The second kappa shape index (κ2) is 7.78. The van der Waals surface area contributed by atoms with Crippen molar-refractivity contribution in [3.8, 4) is 11.4 Å². The van der Waals surface area contributed by atoms with E-state index in [4.69, 9.17) is 15.1 Å². The van der Waals surface area contributed by atoms with Crippen LogP contribution < -0.4 is 9.80 Å². The first-order valence-corrected chi connectivity index (χ1v) is 10.6. The summed E-state index contributed by atoms with van der Waals surface area (Å²) in [5.41, 5.74) is 4.59. The molecule has 0 amide bonds. The molecule has 0 N–H and O–H groups in total. The minimum atomic E-state index is 0.670. The molecule has 6 nitrogen and oxygen atoms in total. The van der Waals surface area contributed by atoms with E-state index in [1.165, 1.54) is 11.3 Å². The number of hydrogen-bond acceptors (Lipinski definition) is 5. The molecule has 0 saturated carbocycles. The Morgan fingerprint density at radius 2 is 1.43 bits per heavy atom. The molecule has 2 aromatic carbocycles. The van der Waals surface area contributed by atoms with E-state index >= 15 is 0 Å². The van der Waals surface area contributed by atoms with Gasteiger partial charge in [0.15, 0.2) is 5.82 Å². The normalized spacial score (nSPS) is 14.5. The number of aromatic nitrogens is 4. The molecule has 0 unspecified atom stereocenters. The van der Waals surface area contributed by atoms with Crippen molar-refractivity contribution in [2.24, 2.45) is 0 Å². The van der Waals surface area contributed by atoms with E-state index < -0.39 is 0 Å². The lowest BCUT2D eigenvalue weighted by molar-refractivity contribution is 0.634. The van der Waals surface area contributed by atoms with Crippen LogP contribution in [-0.4, -0.2) is 45.8 Å². The number of anilines is 2. The van der Waals surface area contributed by atoms with Gasteiger partial charge >= 0.3 is 0 Å². The lowest BCUT2D eigenvalue weighted by Crippen LogP contribution is -2.47.